The van der Waals surface area contributed by atoms with E-state index in [-0.39, 0.29) is 0 Å². The molecular formula is C15H22N6O. The molecule has 7 heteroatoms. The van der Waals surface area contributed by atoms with E-state index >= 15 is 0 Å². The van der Waals surface area contributed by atoms with Crippen molar-refractivity contribution in [2.75, 3.05) is 37.0 Å². The van der Waals surface area contributed by atoms with E-state index in [1.54, 1.807) is 0 Å². The van der Waals surface area contributed by atoms with Crippen LogP contribution in [-0.2, 0) is 13.1 Å². The van der Waals surface area contributed by atoms with Crippen molar-refractivity contribution in [3.63, 3.8) is 0 Å². The van der Waals surface area contributed by atoms with E-state index in [9.17, 15) is 0 Å². The first-order chi connectivity index (χ1) is 10.7. The normalized spacial score (nSPS) is 14.5. The summed E-state index contributed by atoms with van der Waals surface area (Å²) in [4.78, 5) is 13.0. The Morgan fingerprint density at radius 1 is 1.23 bits per heavy atom. The van der Waals surface area contributed by atoms with Crippen molar-refractivity contribution in [2.45, 2.75) is 25.9 Å². The van der Waals surface area contributed by atoms with E-state index in [0.717, 1.165) is 31.0 Å². The lowest BCUT2D eigenvalue weighted by Gasteiger charge is -2.16. The molecule has 1 saturated heterocycles. The van der Waals surface area contributed by atoms with Gasteiger partial charge in [-0.2, -0.15) is 4.98 Å². The lowest BCUT2D eigenvalue weighted by Crippen LogP contribution is -2.19. The minimum atomic E-state index is 0.550. The van der Waals surface area contributed by atoms with Crippen molar-refractivity contribution in [3.8, 4) is 0 Å². The number of pyridine rings is 1. The average molecular weight is 302 g/mol. The summed E-state index contributed by atoms with van der Waals surface area (Å²) in [6.45, 7) is 3.52. The zero-order valence-electron chi connectivity index (χ0n) is 13.1. The number of hydrogen-bond acceptors (Lipinski definition) is 7. The van der Waals surface area contributed by atoms with Crippen LogP contribution in [0.1, 0.15) is 24.3 Å². The Hall–Kier alpha value is -2.15. The lowest BCUT2D eigenvalue weighted by molar-refractivity contribution is 0.367. The van der Waals surface area contributed by atoms with Gasteiger partial charge in [-0.3, -0.25) is 0 Å². The SMILES string of the molecule is CN(C)c1noc(CNCc2ccc(N3CCCC3)nc2)n1. The van der Waals surface area contributed by atoms with E-state index in [1.807, 2.05) is 25.2 Å². The van der Waals surface area contributed by atoms with Crippen LogP contribution in [0.4, 0.5) is 11.8 Å². The van der Waals surface area contributed by atoms with E-state index < -0.39 is 0 Å². The average Bonchev–Trinajstić information content (AvgIpc) is 3.19. The molecule has 22 heavy (non-hydrogen) atoms. The highest BCUT2D eigenvalue weighted by molar-refractivity contribution is 5.40. The molecule has 1 aliphatic heterocycles. The van der Waals surface area contributed by atoms with Gasteiger partial charge in [0, 0.05) is 39.9 Å². The molecule has 0 aromatic carbocycles. The number of anilines is 2. The topological polar surface area (TPSA) is 70.3 Å². The molecule has 3 heterocycles. The molecule has 7 nitrogen and oxygen atoms in total. The molecule has 0 atom stereocenters. The Labute approximate surface area is 130 Å². The summed E-state index contributed by atoms with van der Waals surface area (Å²) in [5.41, 5.74) is 1.15. The van der Waals surface area contributed by atoms with Crippen molar-refractivity contribution in [1.82, 2.24) is 20.4 Å². The molecule has 2 aromatic heterocycles. The second-order valence-corrected chi connectivity index (χ2v) is 5.70. The van der Waals surface area contributed by atoms with Gasteiger partial charge in [-0.15, -0.1) is 0 Å². The van der Waals surface area contributed by atoms with Gasteiger partial charge >= 0.3 is 0 Å². The second kappa shape index (κ2) is 6.74. The largest absolute Gasteiger partial charge is 0.357 e. The molecule has 1 aliphatic rings. The number of aromatic nitrogens is 3. The van der Waals surface area contributed by atoms with Crippen LogP contribution >= 0.6 is 0 Å². The predicted octanol–water partition coefficient (Wildman–Crippen LogP) is 1.42. The maximum atomic E-state index is 5.16. The smallest absolute Gasteiger partial charge is 0.265 e. The van der Waals surface area contributed by atoms with Crippen molar-refractivity contribution >= 4 is 11.8 Å². The first-order valence-electron chi connectivity index (χ1n) is 7.63. The zero-order valence-corrected chi connectivity index (χ0v) is 13.1. The van der Waals surface area contributed by atoms with E-state index in [1.165, 1.54) is 12.8 Å². The van der Waals surface area contributed by atoms with E-state index in [2.05, 4.69) is 37.5 Å². The molecular weight excluding hydrogens is 280 g/mol. The molecule has 0 aliphatic carbocycles. The molecule has 0 bridgehead atoms. The molecule has 1 fully saturated rings. The minimum absolute atomic E-state index is 0.550. The van der Waals surface area contributed by atoms with Gasteiger partial charge in [-0.1, -0.05) is 6.07 Å². The van der Waals surface area contributed by atoms with Crippen LogP contribution in [0, 0.1) is 0 Å². The van der Waals surface area contributed by atoms with Crippen molar-refractivity contribution in [2.24, 2.45) is 0 Å². The van der Waals surface area contributed by atoms with Crippen LogP contribution in [0.3, 0.4) is 0 Å². The van der Waals surface area contributed by atoms with Gasteiger partial charge < -0.3 is 19.6 Å². The third-order valence-electron chi connectivity index (χ3n) is 3.70. The van der Waals surface area contributed by atoms with Crippen LogP contribution in [-0.4, -0.2) is 42.3 Å². The Morgan fingerprint density at radius 2 is 2.05 bits per heavy atom. The van der Waals surface area contributed by atoms with Crippen LogP contribution in [0.2, 0.25) is 0 Å². The van der Waals surface area contributed by atoms with Crippen molar-refractivity contribution in [3.05, 3.63) is 29.8 Å². The highest BCUT2D eigenvalue weighted by Gasteiger charge is 2.13. The third kappa shape index (κ3) is 3.54. The van der Waals surface area contributed by atoms with E-state index in [0.29, 0.717) is 18.4 Å². The summed E-state index contributed by atoms with van der Waals surface area (Å²) in [5, 5.41) is 7.17. The molecule has 1 N–H and O–H groups in total. The zero-order chi connectivity index (χ0) is 15.4. The quantitative estimate of drug-likeness (QED) is 0.865. The highest BCUT2D eigenvalue weighted by atomic mass is 16.5. The van der Waals surface area contributed by atoms with Crippen LogP contribution in [0.25, 0.3) is 0 Å². The molecule has 0 unspecified atom stereocenters. The Balaban J connectivity index is 1.48. The summed E-state index contributed by atoms with van der Waals surface area (Å²) in [5.74, 6) is 2.26. The first-order valence-corrected chi connectivity index (χ1v) is 7.63. The number of rotatable bonds is 6. The van der Waals surface area contributed by atoms with E-state index in [4.69, 9.17) is 4.52 Å². The van der Waals surface area contributed by atoms with Crippen molar-refractivity contribution in [1.29, 1.82) is 0 Å². The number of nitrogens with zero attached hydrogens (tertiary/aromatic N) is 5. The van der Waals surface area contributed by atoms with Gasteiger partial charge in [0.2, 0.25) is 5.89 Å². The van der Waals surface area contributed by atoms with Gasteiger partial charge in [0.1, 0.15) is 5.82 Å². The molecule has 2 aromatic rings. The fraction of sp³-hybridized carbons (Fsp3) is 0.533. The molecule has 3 rings (SSSR count). The third-order valence-corrected chi connectivity index (χ3v) is 3.70. The van der Waals surface area contributed by atoms with Crippen LogP contribution in [0.5, 0.6) is 0 Å². The van der Waals surface area contributed by atoms with Crippen molar-refractivity contribution < 1.29 is 4.52 Å². The van der Waals surface area contributed by atoms with Gasteiger partial charge in [0.05, 0.1) is 6.54 Å². The summed E-state index contributed by atoms with van der Waals surface area (Å²) >= 11 is 0. The first kappa shape index (κ1) is 14.8. The maximum Gasteiger partial charge on any atom is 0.265 e. The standard InChI is InChI=1S/C15H22N6O/c1-20(2)15-18-14(22-19-15)11-16-9-12-5-6-13(17-10-12)21-7-3-4-8-21/h5-6,10,16H,3-4,7-9,11H2,1-2H3. The Kier molecular flexibility index (Phi) is 4.53. The predicted molar refractivity (Wildman–Crippen MR) is 84.9 cm³/mol. The summed E-state index contributed by atoms with van der Waals surface area (Å²) < 4.78 is 5.16. The fourth-order valence-corrected chi connectivity index (χ4v) is 2.47. The van der Waals surface area contributed by atoms with Gasteiger partial charge in [-0.25, -0.2) is 4.98 Å². The van der Waals surface area contributed by atoms with Gasteiger partial charge in [0.15, 0.2) is 0 Å². The number of hydrogen-bond donors (Lipinski definition) is 1. The minimum Gasteiger partial charge on any atom is -0.357 e. The monoisotopic (exact) mass is 302 g/mol. The molecule has 118 valence electrons. The molecule has 0 radical (unpaired) electrons. The molecule has 0 spiro atoms. The fourth-order valence-electron chi connectivity index (χ4n) is 2.47. The molecule has 0 saturated carbocycles. The van der Waals surface area contributed by atoms with Crippen LogP contribution in [0.15, 0.2) is 22.9 Å². The highest BCUT2D eigenvalue weighted by Crippen LogP contribution is 2.17. The lowest BCUT2D eigenvalue weighted by atomic mass is 10.2. The molecule has 0 amide bonds. The Bertz CT molecular complexity index is 588. The summed E-state index contributed by atoms with van der Waals surface area (Å²) in [6, 6.07) is 4.21. The van der Waals surface area contributed by atoms with Gasteiger partial charge in [0.25, 0.3) is 5.95 Å². The Morgan fingerprint density at radius 3 is 2.68 bits per heavy atom. The second-order valence-electron chi connectivity index (χ2n) is 5.70. The summed E-state index contributed by atoms with van der Waals surface area (Å²) in [6.07, 6.45) is 4.47. The number of nitrogens with one attached hydrogen (secondary N) is 1. The van der Waals surface area contributed by atoms with Crippen LogP contribution < -0.4 is 15.1 Å². The van der Waals surface area contributed by atoms with Gasteiger partial charge in [-0.05, 0) is 29.6 Å². The maximum absolute atomic E-state index is 5.16. The summed E-state index contributed by atoms with van der Waals surface area (Å²) in [7, 11) is 3.77.